The minimum absolute atomic E-state index is 0.00300. The Bertz CT molecular complexity index is 721. The van der Waals surface area contributed by atoms with E-state index in [1.54, 1.807) is 17.3 Å². The van der Waals surface area contributed by atoms with E-state index >= 15 is 0 Å². The summed E-state index contributed by atoms with van der Waals surface area (Å²) in [6.07, 6.45) is 3.69. The Morgan fingerprint density at radius 2 is 2.22 bits per heavy atom. The molecule has 6 heteroatoms. The van der Waals surface area contributed by atoms with E-state index in [4.69, 9.17) is 0 Å². The quantitative estimate of drug-likeness (QED) is 0.895. The number of anilines is 1. The van der Waals surface area contributed by atoms with Crippen molar-refractivity contribution < 1.29 is 9.59 Å². The molecule has 1 saturated heterocycles. The number of nitrogens with one attached hydrogen (secondary N) is 1. The lowest BCUT2D eigenvalue weighted by Gasteiger charge is -2.16. The molecule has 0 radical (unpaired) electrons. The van der Waals surface area contributed by atoms with E-state index in [2.05, 4.69) is 26.2 Å². The van der Waals surface area contributed by atoms with Crippen molar-refractivity contribution in [3.05, 3.63) is 58.8 Å². The van der Waals surface area contributed by atoms with Gasteiger partial charge in [-0.3, -0.25) is 14.6 Å². The topological polar surface area (TPSA) is 62.3 Å². The van der Waals surface area contributed by atoms with Gasteiger partial charge in [0, 0.05) is 42.1 Å². The van der Waals surface area contributed by atoms with Gasteiger partial charge in [0.05, 0.1) is 5.92 Å². The second-order valence-electron chi connectivity index (χ2n) is 5.54. The van der Waals surface area contributed by atoms with Gasteiger partial charge in [-0.2, -0.15) is 0 Å². The molecule has 1 aromatic carbocycles. The van der Waals surface area contributed by atoms with Crippen LogP contribution in [-0.4, -0.2) is 28.2 Å². The molecule has 2 amide bonds. The van der Waals surface area contributed by atoms with Crippen molar-refractivity contribution in [2.75, 3.05) is 11.9 Å². The van der Waals surface area contributed by atoms with Crippen molar-refractivity contribution >= 4 is 33.4 Å². The normalized spacial score (nSPS) is 17.3. The van der Waals surface area contributed by atoms with Crippen LogP contribution in [0.15, 0.2) is 53.3 Å². The van der Waals surface area contributed by atoms with Crippen LogP contribution in [0.4, 0.5) is 5.69 Å². The van der Waals surface area contributed by atoms with Gasteiger partial charge in [-0.1, -0.05) is 28.1 Å². The Morgan fingerprint density at radius 3 is 2.96 bits per heavy atom. The van der Waals surface area contributed by atoms with Gasteiger partial charge in [-0.15, -0.1) is 0 Å². The number of amides is 2. The van der Waals surface area contributed by atoms with Gasteiger partial charge in [0.25, 0.3) is 0 Å². The monoisotopic (exact) mass is 373 g/mol. The van der Waals surface area contributed by atoms with E-state index in [-0.39, 0.29) is 24.2 Å². The van der Waals surface area contributed by atoms with Crippen molar-refractivity contribution in [2.45, 2.75) is 13.0 Å². The number of hydrogen-bond donors (Lipinski definition) is 1. The number of rotatable bonds is 4. The van der Waals surface area contributed by atoms with E-state index in [9.17, 15) is 9.59 Å². The first kappa shape index (κ1) is 15.7. The average Bonchev–Trinajstić information content (AvgIpc) is 2.89. The molecule has 2 heterocycles. The molecule has 0 bridgehead atoms. The summed E-state index contributed by atoms with van der Waals surface area (Å²) in [6, 6.07) is 11.2. The van der Waals surface area contributed by atoms with Crippen LogP contribution in [0.25, 0.3) is 0 Å². The Labute approximate surface area is 142 Å². The van der Waals surface area contributed by atoms with Gasteiger partial charge in [-0.25, -0.2) is 0 Å². The summed E-state index contributed by atoms with van der Waals surface area (Å²) in [5, 5.41) is 2.87. The Balaban J connectivity index is 1.61. The van der Waals surface area contributed by atoms with Crippen LogP contribution in [-0.2, 0) is 16.1 Å². The van der Waals surface area contributed by atoms with E-state index in [0.29, 0.717) is 13.1 Å². The molecular weight excluding hydrogens is 358 g/mol. The third-order valence-electron chi connectivity index (χ3n) is 3.77. The summed E-state index contributed by atoms with van der Waals surface area (Å²) in [5.41, 5.74) is 1.69. The Morgan fingerprint density at radius 1 is 1.35 bits per heavy atom. The van der Waals surface area contributed by atoms with Gasteiger partial charge < -0.3 is 10.2 Å². The highest BCUT2D eigenvalue weighted by atomic mass is 79.9. The zero-order chi connectivity index (χ0) is 16.2. The summed E-state index contributed by atoms with van der Waals surface area (Å²) in [4.78, 5) is 30.2. The number of likely N-dealkylation sites (tertiary alicyclic amines) is 1. The van der Waals surface area contributed by atoms with Crippen LogP contribution in [0.3, 0.4) is 0 Å². The highest BCUT2D eigenvalue weighted by Gasteiger charge is 2.34. The van der Waals surface area contributed by atoms with Crippen molar-refractivity contribution in [1.82, 2.24) is 9.88 Å². The second-order valence-corrected chi connectivity index (χ2v) is 6.45. The maximum Gasteiger partial charge on any atom is 0.229 e. The predicted molar refractivity (Wildman–Crippen MR) is 90.5 cm³/mol. The molecule has 3 rings (SSSR count). The summed E-state index contributed by atoms with van der Waals surface area (Å²) in [5.74, 6) is -0.438. The number of halogens is 1. The summed E-state index contributed by atoms with van der Waals surface area (Å²) >= 11 is 3.37. The molecule has 1 unspecified atom stereocenters. The highest BCUT2D eigenvalue weighted by Crippen LogP contribution is 2.22. The number of benzene rings is 1. The average molecular weight is 374 g/mol. The molecule has 1 N–H and O–H groups in total. The van der Waals surface area contributed by atoms with Crippen LogP contribution in [0.5, 0.6) is 0 Å². The number of pyridine rings is 1. The van der Waals surface area contributed by atoms with Gasteiger partial charge in [0.1, 0.15) is 0 Å². The molecule has 0 spiro atoms. The largest absolute Gasteiger partial charge is 0.337 e. The molecule has 1 aromatic heterocycles. The number of carbonyl (C=O) groups excluding carboxylic acids is 2. The van der Waals surface area contributed by atoms with Crippen molar-refractivity contribution in [3.8, 4) is 0 Å². The molecule has 1 aliphatic rings. The first-order valence-corrected chi connectivity index (χ1v) is 8.14. The lowest BCUT2D eigenvalue weighted by molar-refractivity contribution is -0.128. The zero-order valence-electron chi connectivity index (χ0n) is 12.4. The van der Waals surface area contributed by atoms with Gasteiger partial charge in [0.2, 0.25) is 11.8 Å². The van der Waals surface area contributed by atoms with E-state index in [1.807, 2.05) is 36.4 Å². The summed E-state index contributed by atoms with van der Waals surface area (Å²) < 4.78 is 0.899. The highest BCUT2D eigenvalue weighted by molar-refractivity contribution is 9.10. The van der Waals surface area contributed by atoms with Gasteiger partial charge >= 0.3 is 0 Å². The molecule has 0 aliphatic carbocycles. The maximum atomic E-state index is 12.4. The number of aromatic nitrogens is 1. The third kappa shape index (κ3) is 3.96. The SMILES string of the molecule is O=C(Nc1cccc(Br)c1)C1CC(=O)N(Cc2cccnc2)C1. The summed E-state index contributed by atoms with van der Waals surface area (Å²) in [7, 11) is 0. The minimum Gasteiger partial charge on any atom is -0.337 e. The standard InChI is InChI=1S/C17H16BrN3O2/c18-14-4-1-5-15(8-14)20-17(23)13-7-16(22)21(11-13)10-12-3-2-6-19-9-12/h1-6,8-9,13H,7,10-11H2,(H,20,23). The maximum absolute atomic E-state index is 12.4. The van der Waals surface area contributed by atoms with E-state index in [1.165, 1.54) is 0 Å². The molecule has 23 heavy (non-hydrogen) atoms. The fourth-order valence-corrected chi connectivity index (χ4v) is 3.02. The van der Waals surface area contributed by atoms with Crippen LogP contribution in [0.2, 0.25) is 0 Å². The molecular formula is C17H16BrN3O2. The number of nitrogens with zero attached hydrogens (tertiary/aromatic N) is 2. The van der Waals surface area contributed by atoms with E-state index < -0.39 is 0 Å². The third-order valence-corrected chi connectivity index (χ3v) is 4.27. The van der Waals surface area contributed by atoms with Crippen molar-refractivity contribution in [1.29, 1.82) is 0 Å². The van der Waals surface area contributed by atoms with Crippen LogP contribution >= 0.6 is 15.9 Å². The molecule has 1 atom stereocenters. The number of hydrogen-bond acceptors (Lipinski definition) is 3. The molecule has 1 fully saturated rings. The smallest absolute Gasteiger partial charge is 0.229 e. The zero-order valence-corrected chi connectivity index (χ0v) is 14.0. The lowest BCUT2D eigenvalue weighted by Crippen LogP contribution is -2.28. The lowest BCUT2D eigenvalue weighted by atomic mass is 10.1. The number of carbonyl (C=O) groups is 2. The van der Waals surface area contributed by atoms with Crippen LogP contribution < -0.4 is 5.32 Å². The second kappa shape index (κ2) is 6.91. The Hall–Kier alpha value is -2.21. The van der Waals surface area contributed by atoms with Gasteiger partial charge in [-0.05, 0) is 29.8 Å². The van der Waals surface area contributed by atoms with Crippen LogP contribution in [0.1, 0.15) is 12.0 Å². The van der Waals surface area contributed by atoms with Crippen molar-refractivity contribution in [2.24, 2.45) is 5.92 Å². The molecule has 0 saturated carbocycles. The molecule has 2 aromatic rings. The predicted octanol–water partition coefficient (Wildman–Crippen LogP) is 2.83. The minimum atomic E-state index is -0.321. The molecule has 1 aliphatic heterocycles. The fraction of sp³-hybridized carbons (Fsp3) is 0.235. The first-order chi connectivity index (χ1) is 11.1. The summed E-state index contributed by atoms with van der Waals surface area (Å²) in [6.45, 7) is 0.931. The van der Waals surface area contributed by atoms with Crippen LogP contribution in [0, 0.1) is 5.92 Å². The van der Waals surface area contributed by atoms with Crippen molar-refractivity contribution in [3.63, 3.8) is 0 Å². The molecule has 118 valence electrons. The van der Waals surface area contributed by atoms with E-state index in [0.717, 1.165) is 15.7 Å². The first-order valence-electron chi connectivity index (χ1n) is 7.35. The van der Waals surface area contributed by atoms with Gasteiger partial charge in [0.15, 0.2) is 0 Å². The molecule has 5 nitrogen and oxygen atoms in total. The fourth-order valence-electron chi connectivity index (χ4n) is 2.62. The Kier molecular flexibility index (Phi) is 4.71.